The SMILES string of the molecule is NC(CC1CCC1)c1ccncc1Cl. The summed E-state index contributed by atoms with van der Waals surface area (Å²) in [5, 5.41) is 0.694. The highest BCUT2D eigenvalue weighted by Crippen LogP contribution is 2.35. The molecule has 0 bridgehead atoms. The van der Waals surface area contributed by atoms with Gasteiger partial charge < -0.3 is 5.73 Å². The van der Waals surface area contributed by atoms with Crippen molar-refractivity contribution in [3.63, 3.8) is 0 Å². The van der Waals surface area contributed by atoms with E-state index in [4.69, 9.17) is 17.3 Å². The van der Waals surface area contributed by atoms with Gasteiger partial charge in [-0.25, -0.2) is 0 Å². The molecule has 0 radical (unpaired) electrons. The number of nitrogens with zero attached hydrogens (tertiary/aromatic N) is 1. The second-order valence-electron chi connectivity index (χ2n) is 4.04. The maximum absolute atomic E-state index is 6.09. The van der Waals surface area contributed by atoms with E-state index in [0.29, 0.717) is 5.02 Å². The molecule has 1 aliphatic carbocycles. The summed E-state index contributed by atoms with van der Waals surface area (Å²) in [4.78, 5) is 3.95. The first-order chi connectivity index (χ1) is 6.77. The monoisotopic (exact) mass is 210 g/mol. The molecule has 0 aromatic carbocycles. The zero-order valence-corrected chi connectivity index (χ0v) is 8.87. The van der Waals surface area contributed by atoms with Crippen molar-refractivity contribution in [2.24, 2.45) is 11.7 Å². The van der Waals surface area contributed by atoms with Crippen molar-refractivity contribution in [1.29, 1.82) is 0 Å². The molecule has 1 atom stereocenters. The van der Waals surface area contributed by atoms with Crippen LogP contribution in [0.4, 0.5) is 0 Å². The minimum Gasteiger partial charge on any atom is -0.324 e. The first-order valence-corrected chi connectivity index (χ1v) is 5.50. The maximum Gasteiger partial charge on any atom is 0.0637 e. The predicted octanol–water partition coefficient (Wildman–Crippen LogP) is 2.93. The van der Waals surface area contributed by atoms with Crippen LogP contribution in [0.1, 0.15) is 37.3 Å². The zero-order valence-electron chi connectivity index (χ0n) is 8.12. The van der Waals surface area contributed by atoms with Crippen LogP contribution in [-0.2, 0) is 0 Å². The van der Waals surface area contributed by atoms with Gasteiger partial charge in [-0.15, -0.1) is 0 Å². The molecule has 2 rings (SSSR count). The summed E-state index contributed by atoms with van der Waals surface area (Å²) in [7, 11) is 0. The number of aromatic nitrogens is 1. The van der Waals surface area contributed by atoms with Gasteiger partial charge in [0.1, 0.15) is 0 Å². The van der Waals surface area contributed by atoms with Crippen molar-refractivity contribution in [3.8, 4) is 0 Å². The van der Waals surface area contributed by atoms with Crippen molar-refractivity contribution in [1.82, 2.24) is 4.98 Å². The summed E-state index contributed by atoms with van der Waals surface area (Å²) >= 11 is 6.02. The van der Waals surface area contributed by atoms with Crippen LogP contribution in [0.15, 0.2) is 18.5 Å². The van der Waals surface area contributed by atoms with Gasteiger partial charge in [0, 0.05) is 18.4 Å². The minimum absolute atomic E-state index is 0.0794. The van der Waals surface area contributed by atoms with Crippen LogP contribution >= 0.6 is 11.6 Å². The minimum atomic E-state index is 0.0794. The number of hydrogen-bond acceptors (Lipinski definition) is 2. The van der Waals surface area contributed by atoms with Gasteiger partial charge >= 0.3 is 0 Å². The van der Waals surface area contributed by atoms with Gasteiger partial charge in [-0.2, -0.15) is 0 Å². The van der Waals surface area contributed by atoms with Crippen molar-refractivity contribution >= 4 is 11.6 Å². The molecular weight excluding hydrogens is 196 g/mol. The number of halogens is 1. The molecule has 2 nitrogen and oxygen atoms in total. The van der Waals surface area contributed by atoms with Crippen LogP contribution in [0.5, 0.6) is 0 Å². The van der Waals surface area contributed by atoms with Crippen LogP contribution in [0.25, 0.3) is 0 Å². The first-order valence-electron chi connectivity index (χ1n) is 5.12. The number of pyridine rings is 1. The summed E-state index contributed by atoms with van der Waals surface area (Å²) < 4.78 is 0. The molecule has 0 amide bonds. The van der Waals surface area contributed by atoms with E-state index in [1.165, 1.54) is 19.3 Å². The highest BCUT2D eigenvalue weighted by Gasteiger charge is 2.21. The Hall–Kier alpha value is -0.600. The summed E-state index contributed by atoms with van der Waals surface area (Å²) in [6.07, 6.45) is 8.50. The van der Waals surface area contributed by atoms with E-state index in [0.717, 1.165) is 17.9 Å². The fourth-order valence-corrected chi connectivity index (χ4v) is 2.16. The summed E-state index contributed by atoms with van der Waals surface area (Å²) in [6.45, 7) is 0. The standard InChI is InChI=1S/C11H15ClN2/c12-10-7-14-5-4-9(10)11(13)6-8-2-1-3-8/h4-5,7-8,11H,1-3,6,13H2. The maximum atomic E-state index is 6.09. The highest BCUT2D eigenvalue weighted by atomic mass is 35.5. The number of rotatable bonds is 3. The van der Waals surface area contributed by atoms with E-state index in [1.54, 1.807) is 12.4 Å². The molecule has 1 aromatic rings. The fraction of sp³-hybridized carbons (Fsp3) is 0.545. The van der Waals surface area contributed by atoms with E-state index in [2.05, 4.69) is 4.98 Å². The number of nitrogens with two attached hydrogens (primary N) is 1. The molecular formula is C11H15ClN2. The first kappa shape index (κ1) is 9.94. The van der Waals surface area contributed by atoms with E-state index in [-0.39, 0.29) is 6.04 Å². The molecule has 1 aromatic heterocycles. The van der Waals surface area contributed by atoms with Crippen molar-refractivity contribution < 1.29 is 0 Å². The Morgan fingerprint density at radius 1 is 1.57 bits per heavy atom. The van der Waals surface area contributed by atoms with Gasteiger partial charge in [-0.1, -0.05) is 30.9 Å². The van der Waals surface area contributed by atoms with Gasteiger partial charge in [-0.3, -0.25) is 4.98 Å². The topological polar surface area (TPSA) is 38.9 Å². The van der Waals surface area contributed by atoms with E-state index in [1.807, 2.05) is 6.07 Å². The molecule has 3 heteroatoms. The van der Waals surface area contributed by atoms with Gasteiger partial charge in [0.05, 0.1) is 5.02 Å². The van der Waals surface area contributed by atoms with E-state index < -0.39 is 0 Å². The average Bonchev–Trinajstić information content (AvgIpc) is 2.12. The smallest absolute Gasteiger partial charge is 0.0637 e. The quantitative estimate of drug-likeness (QED) is 0.833. The molecule has 2 N–H and O–H groups in total. The van der Waals surface area contributed by atoms with Crippen LogP contribution < -0.4 is 5.73 Å². The lowest BCUT2D eigenvalue weighted by molar-refractivity contribution is 0.277. The van der Waals surface area contributed by atoms with Crippen LogP contribution in [0.3, 0.4) is 0 Å². The molecule has 1 heterocycles. The van der Waals surface area contributed by atoms with Crippen LogP contribution in [-0.4, -0.2) is 4.98 Å². The normalized spacial score (nSPS) is 19.0. The third kappa shape index (κ3) is 2.07. The third-order valence-corrected chi connectivity index (χ3v) is 3.33. The molecule has 0 saturated heterocycles. The molecule has 14 heavy (non-hydrogen) atoms. The summed E-state index contributed by atoms with van der Waals surface area (Å²) in [5.74, 6) is 0.814. The Kier molecular flexibility index (Phi) is 3.04. The Labute approximate surface area is 89.5 Å². The van der Waals surface area contributed by atoms with Crippen molar-refractivity contribution in [3.05, 3.63) is 29.0 Å². The van der Waals surface area contributed by atoms with E-state index in [9.17, 15) is 0 Å². The Balaban J connectivity index is 2.02. The molecule has 76 valence electrons. The van der Waals surface area contributed by atoms with Crippen molar-refractivity contribution in [2.45, 2.75) is 31.7 Å². The van der Waals surface area contributed by atoms with Crippen molar-refractivity contribution in [2.75, 3.05) is 0 Å². The molecule has 1 unspecified atom stereocenters. The van der Waals surface area contributed by atoms with Gasteiger partial charge in [0.2, 0.25) is 0 Å². The Morgan fingerprint density at radius 3 is 2.93 bits per heavy atom. The zero-order chi connectivity index (χ0) is 9.97. The number of hydrogen-bond donors (Lipinski definition) is 1. The van der Waals surface area contributed by atoms with Gasteiger partial charge in [-0.05, 0) is 24.0 Å². The lowest BCUT2D eigenvalue weighted by Gasteiger charge is -2.28. The second kappa shape index (κ2) is 4.28. The largest absolute Gasteiger partial charge is 0.324 e. The fourth-order valence-electron chi connectivity index (χ4n) is 1.90. The summed E-state index contributed by atoms with van der Waals surface area (Å²) in [6, 6.07) is 2.00. The molecule has 0 spiro atoms. The average molecular weight is 211 g/mol. The van der Waals surface area contributed by atoms with Crippen LogP contribution in [0, 0.1) is 5.92 Å². The molecule has 1 saturated carbocycles. The highest BCUT2D eigenvalue weighted by molar-refractivity contribution is 6.31. The van der Waals surface area contributed by atoms with E-state index >= 15 is 0 Å². The molecule has 1 fully saturated rings. The third-order valence-electron chi connectivity index (χ3n) is 3.02. The molecule has 1 aliphatic rings. The Bertz CT molecular complexity index is 310. The van der Waals surface area contributed by atoms with Gasteiger partial charge in [0.15, 0.2) is 0 Å². The summed E-state index contributed by atoms with van der Waals surface area (Å²) in [5.41, 5.74) is 7.13. The Morgan fingerprint density at radius 2 is 2.36 bits per heavy atom. The second-order valence-corrected chi connectivity index (χ2v) is 4.44. The van der Waals surface area contributed by atoms with Crippen LogP contribution in [0.2, 0.25) is 5.02 Å². The predicted molar refractivity (Wildman–Crippen MR) is 58.1 cm³/mol. The molecule has 0 aliphatic heterocycles. The van der Waals surface area contributed by atoms with Gasteiger partial charge in [0.25, 0.3) is 0 Å². The lowest BCUT2D eigenvalue weighted by Crippen LogP contribution is -2.20. The lowest BCUT2D eigenvalue weighted by atomic mass is 9.80.